The molecule has 0 spiro atoms. The summed E-state index contributed by atoms with van der Waals surface area (Å²) in [6, 6.07) is 11.0. The minimum absolute atomic E-state index is 0.185. The molecule has 0 aliphatic heterocycles. The van der Waals surface area contributed by atoms with E-state index in [0.717, 1.165) is 10.6 Å². The molecule has 0 fully saturated rings. The van der Waals surface area contributed by atoms with Gasteiger partial charge >= 0.3 is 0 Å². The number of halogens is 2. The first-order valence-electron chi connectivity index (χ1n) is 7.40. The Morgan fingerprint density at radius 3 is 2.92 bits per heavy atom. The van der Waals surface area contributed by atoms with Crippen LogP contribution in [0.25, 0.3) is 5.69 Å². The van der Waals surface area contributed by atoms with Gasteiger partial charge in [-0.25, -0.2) is 10.1 Å². The van der Waals surface area contributed by atoms with Crippen LogP contribution in [-0.2, 0) is 11.2 Å². The number of amides is 1. The van der Waals surface area contributed by atoms with Crippen LogP contribution in [0.2, 0.25) is 10.2 Å². The lowest BCUT2D eigenvalue weighted by molar-refractivity contribution is -0.120. The molecule has 0 radical (unpaired) electrons. The van der Waals surface area contributed by atoms with E-state index < -0.39 is 0 Å². The zero-order valence-corrected chi connectivity index (χ0v) is 15.6. The number of hydrogen-bond acceptors (Lipinski definition) is 4. The summed E-state index contributed by atoms with van der Waals surface area (Å²) in [5, 5.41) is 11.3. The highest BCUT2D eigenvalue weighted by Crippen LogP contribution is 2.23. The predicted octanol–water partition coefficient (Wildman–Crippen LogP) is 4.24. The number of aromatic nitrogens is 2. The minimum atomic E-state index is -0.185. The molecule has 0 aliphatic rings. The Bertz CT molecular complexity index is 919. The standard InChI is InChI=1S/C17H14Cl2N4OS/c1-11-15(10-20-21-16(24)9-14-6-3-7-25-14)17(19)23(22-11)13-5-2-4-12(18)8-13/h2-8,10H,9H2,1H3,(H,21,24)/b20-10-. The number of nitrogens with one attached hydrogen (secondary N) is 1. The highest BCUT2D eigenvalue weighted by Gasteiger charge is 2.13. The number of aryl methyl sites for hydroxylation is 1. The number of carbonyl (C=O) groups excluding carboxylic acids is 1. The number of benzene rings is 1. The minimum Gasteiger partial charge on any atom is -0.273 e. The quantitative estimate of drug-likeness (QED) is 0.521. The fourth-order valence-corrected chi connectivity index (χ4v) is 3.43. The van der Waals surface area contributed by atoms with Crippen LogP contribution in [0.15, 0.2) is 46.9 Å². The first-order chi connectivity index (χ1) is 12.0. The van der Waals surface area contributed by atoms with E-state index in [1.165, 1.54) is 17.6 Å². The van der Waals surface area contributed by atoms with Gasteiger partial charge in [-0.05, 0) is 36.6 Å². The maximum absolute atomic E-state index is 11.8. The van der Waals surface area contributed by atoms with Crippen molar-refractivity contribution >= 4 is 46.7 Å². The molecule has 5 nitrogen and oxygen atoms in total. The average Bonchev–Trinajstić information content (AvgIpc) is 3.17. The molecular formula is C17H14Cl2N4OS. The summed E-state index contributed by atoms with van der Waals surface area (Å²) in [6.07, 6.45) is 1.79. The van der Waals surface area contributed by atoms with E-state index >= 15 is 0 Å². The monoisotopic (exact) mass is 392 g/mol. The van der Waals surface area contributed by atoms with Crippen molar-refractivity contribution < 1.29 is 4.79 Å². The third-order valence-electron chi connectivity index (χ3n) is 3.40. The second-order valence-corrected chi connectivity index (χ2v) is 7.06. The molecule has 128 valence electrons. The fraction of sp³-hybridized carbons (Fsp3) is 0.118. The van der Waals surface area contributed by atoms with Crippen molar-refractivity contribution in [1.82, 2.24) is 15.2 Å². The highest BCUT2D eigenvalue weighted by atomic mass is 35.5. The van der Waals surface area contributed by atoms with Gasteiger partial charge in [0.05, 0.1) is 29.6 Å². The van der Waals surface area contributed by atoms with Crippen molar-refractivity contribution in [2.75, 3.05) is 0 Å². The van der Waals surface area contributed by atoms with Gasteiger partial charge in [-0.15, -0.1) is 11.3 Å². The largest absolute Gasteiger partial charge is 0.273 e. The van der Waals surface area contributed by atoms with E-state index in [9.17, 15) is 4.79 Å². The summed E-state index contributed by atoms with van der Waals surface area (Å²) in [4.78, 5) is 12.8. The van der Waals surface area contributed by atoms with Gasteiger partial charge in [0.2, 0.25) is 5.91 Å². The molecular weight excluding hydrogens is 379 g/mol. The van der Waals surface area contributed by atoms with Crippen LogP contribution >= 0.6 is 34.5 Å². The van der Waals surface area contributed by atoms with Crippen LogP contribution in [0.5, 0.6) is 0 Å². The van der Waals surface area contributed by atoms with Gasteiger partial charge in [-0.2, -0.15) is 10.2 Å². The summed E-state index contributed by atoms with van der Waals surface area (Å²) in [5.74, 6) is -0.185. The van der Waals surface area contributed by atoms with Gasteiger partial charge in [0.15, 0.2) is 0 Å². The highest BCUT2D eigenvalue weighted by molar-refractivity contribution is 7.10. The van der Waals surface area contributed by atoms with Crippen LogP contribution in [0.4, 0.5) is 0 Å². The zero-order chi connectivity index (χ0) is 17.8. The van der Waals surface area contributed by atoms with Gasteiger partial charge in [-0.1, -0.05) is 35.3 Å². The Kier molecular flexibility index (Phi) is 5.53. The lowest BCUT2D eigenvalue weighted by Crippen LogP contribution is -2.19. The summed E-state index contributed by atoms with van der Waals surface area (Å²) in [6.45, 7) is 1.82. The fourth-order valence-electron chi connectivity index (χ4n) is 2.22. The molecule has 0 bridgehead atoms. The van der Waals surface area contributed by atoms with Crippen LogP contribution in [-0.4, -0.2) is 21.9 Å². The lowest BCUT2D eigenvalue weighted by atomic mass is 10.3. The van der Waals surface area contributed by atoms with Gasteiger partial charge in [-0.3, -0.25) is 4.79 Å². The van der Waals surface area contributed by atoms with E-state index in [4.69, 9.17) is 23.2 Å². The van der Waals surface area contributed by atoms with E-state index in [1.807, 2.05) is 36.6 Å². The number of hydrogen-bond donors (Lipinski definition) is 1. The lowest BCUT2D eigenvalue weighted by Gasteiger charge is -2.03. The Balaban J connectivity index is 1.73. The zero-order valence-electron chi connectivity index (χ0n) is 13.2. The number of thiophene rings is 1. The van der Waals surface area contributed by atoms with Crippen LogP contribution in [0.1, 0.15) is 16.1 Å². The number of carbonyl (C=O) groups is 1. The Labute approximate surface area is 158 Å². The number of nitrogens with zero attached hydrogens (tertiary/aromatic N) is 3. The second-order valence-electron chi connectivity index (χ2n) is 5.23. The van der Waals surface area contributed by atoms with E-state index in [0.29, 0.717) is 27.9 Å². The van der Waals surface area contributed by atoms with Crippen molar-refractivity contribution in [2.24, 2.45) is 5.10 Å². The maximum atomic E-state index is 11.8. The molecule has 0 unspecified atom stereocenters. The molecule has 1 aromatic carbocycles. The van der Waals surface area contributed by atoms with Gasteiger partial charge in [0, 0.05) is 9.90 Å². The third kappa shape index (κ3) is 4.28. The third-order valence-corrected chi connectivity index (χ3v) is 4.87. The molecule has 1 N–H and O–H groups in total. The van der Waals surface area contributed by atoms with Crippen molar-refractivity contribution in [2.45, 2.75) is 13.3 Å². The molecule has 8 heteroatoms. The average molecular weight is 393 g/mol. The van der Waals surface area contributed by atoms with Crippen molar-refractivity contribution in [1.29, 1.82) is 0 Å². The molecule has 25 heavy (non-hydrogen) atoms. The number of hydrazone groups is 1. The molecule has 0 aliphatic carbocycles. The van der Waals surface area contributed by atoms with E-state index in [-0.39, 0.29) is 5.91 Å². The SMILES string of the molecule is Cc1nn(-c2cccc(Cl)c2)c(Cl)c1/C=N\NC(=O)Cc1cccs1. The maximum Gasteiger partial charge on any atom is 0.245 e. The van der Waals surface area contributed by atoms with Crippen LogP contribution in [0.3, 0.4) is 0 Å². The van der Waals surface area contributed by atoms with Gasteiger partial charge < -0.3 is 0 Å². The van der Waals surface area contributed by atoms with Crippen LogP contribution in [0, 0.1) is 6.92 Å². The first-order valence-corrected chi connectivity index (χ1v) is 9.03. The normalized spacial score (nSPS) is 11.2. The van der Waals surface area contributed by atoms with Crippen molar-refractivity contribution in [3.8, 4) is 5.69 Å². The molecule has 2 aromatic heterocycles. The number of rotatable bonds is 5. The smallest absolute Gasteiger partial charge is 0.245 e. The first kappa shape index (κ1) is 17.7. The summed E-state index contributed by atoms with van der Waals surface area (Å²) in [5.41, 5.74) is 4.59. The predicted molar refractivity (Wildman–Crippen MR) is 102 cm³/mol. The van der Waals surface area contributed by atoms with Gasteiger partial charge in [0.25, 0.3) is 0 Å². The summed E-state index contributed by atoms with van der Waals surface area (Å²) in [7, 11) is 0. The molecule has 0 saturated heterocycles. The van der Waals surface area contributed by atoms with Crippen molar-refractivity contribution in [3.63, 3.8) is 0 Å². The Morgan fingerprint density at radius 2 is 2.20 bits per heavy atom. The molecule has 3 aromatic rings. The molecule has 1 amide bonds. The van der Waals surface area contributed by atoms with Gasteiger partial charge in [0.1, 0.15) is 5.15 Å². The molecule has 0 saturated carbocycles. The van der Waals surface area contributed by atoms with E-state index in [1.54, 1.807) is 16.8 Å². The van der Waals surface area contributed by atoms with Crippen molar-refractivity contribution in [3.05, 3.63) is 68.1 Å². The van der Waals surface area contributed by atoms with Crippen LogP contribution < -0.4 is 5.43 Å². The molecule has 2 heterocycles. The Hall–Kier alpha value is -2.15. The molecule has 3 rings (SSSR count). The Morgan fingerprint density at radius 1 is 1.36 bits per heavy atom. The summed E-state index contributed by atoms with van der Waals surface area (Å²) >= 11 is 13.9. The van der Waals surface area contributed by atoms with E-state index in [2.05, 4.69) is 15.6 Å². The molecule has 0 atom stereocenters. The topological polar surface area (TPSA) is 59.3 Å². The second kappa shape index (κ2) is 7.82. The summed E-state index contributed by atoms with van der Waals surface area (Å²) < 4.78 is 1.58.